The van der Waals surface area contributed by atoms with Crippen LogP contribution in [-0.2, 0) is 85.6 Å². The standard InChI is InChI=1S/C43H65NO10.C36H50FNO7.C28H52N2O6.3C2H6.CH4/c1-13-34-43(10,48)39(51-20-16-17-31-21-32-18-14-15-19-33(32)44-24-31)27(4)36(45)25(2)22-41(8,49-11)29(6)26(3)37(28(5)40(47)53-34)54-35-23-42(9,50-12)38(46)30(7)52-35;1-10-29-36(9,42)32-24(4)30(38-26(6)39)22(2)19-34(7,25(5)23(3)31(40)35(8,37)33(41)45-29)44-21-28(20-43-32)18-14-17-27-15-12-11-13-16-27;1-10-22-27(8,33)24(31)21(6)30(9)16-17(2)15-26(7)20(5)18(3)23(19(4)25(32)34-22)35-28(36-26)11-13-29-14-12-28;3*1-2;/h14-19,21,24-30,34-35,37-39,46,48H,13,20,22-23H2,1-12H3;11-18,22-25,29,32,42H,10,19-21H2,1-9H3;17-24,29,31,33H,10-16H2,1-9H3;3*1-2H3;1H4/b17-16+;17-14+,28-18+,38-30?;;;;;/t25-,26-,27+,28-,29-,30+,34-,35+,37+,38+,39-,41-,42-,43-;22-,23-,24+,25-,29-,32-,34-,35+,36-;17-,18-,19-,20-,21-,22-,23+,24-,26+,27-;;;;/m111..../s1. The number of carbonyl (C=O) groups excluding carboxylic acids is 6. The molecule has 7 fully saturated rings. The van der Waals surface area contributed by atoms with Gasteiger partial charge in [0.15, 0.2) is 17.9 Å². The summed E-state index contributed by atoms with van der Waals surface area (Å²) in [6, 6.07) is 19.4. The highest BCUT2D eigenvalue weighted by molar-refractivity contribution is 6.08. The van der Waals surface area contributed by atoms with Crippen LogP contribution in [0.4, 0.5) is 4.39 Å². The Kier molecular flexibility index (Phi) is 50.0. The minimum absolute atomic E-state index is 0. The Morgan fingerprint density at radius 3 is 1.76 bits per heavy atom. The second-order valence-electron chi connectivity index (χ2n) is 42.4. The van der Waals surface area contributed by atoms with Crippen molar-refractivity contribution in [2.75, 3.05) is 60.7 Å². The van der Waals surface area contributed by atoms with Gasteiger partial charge in [-0.15, -0.1) is 0 Å². The third kappa shape index (κ3) is 31.1. The molecule has 28 heteroatoms. The highest BCUT2D eigenvalue weighted by Gasteiger charge is 2.59. The lowest BCUT2D eigenvalue weighted by atomic mass is 9.70. The number of piperidine rings is 1. The van der Waals surface area contributed by atoms with Gasteiger partial charge in [0, 0.05) is 107 Å². The van der Waals surface area contributed by atoms with E-state index >= 15 is 4.39 Å². The van der Waals surface area contributed by atoms with Gasteiger partial charge in [-0.2, -0.15) is 0 Å². The fourth-order valence-electron chi connectivity index (χ4n) is 22.2. The smallest absolute Gasteiger partial charge is 0.351 e. The van der Waals surface area contributed by atoms with Crippen LogP contribution in [0.3, 0.4) is 0 Å². The number of carbonyl (C=O) groups is 6. The van der Waals surface area contributed by atoms with E-state index in [9.17, 15) is 54.3 Å². The molecule has 7 saturated heterocycles. The molecule has 0 saturated carbocycles. The first-order valence-corrected chi connectivity index (χ1v) is 52.5. The number of ether oxygens (including phenoxy) is 12. The number of likely N-dealkylation sites (N-methyl/N-ethyl adjacent to an activating group) is 1. The number of amides is 1. The zero-order valence-corrected chi connectivity index (χ0v) is 92.6. The fraction of sp³-hybridized carbons (Fsp3) is 0.754. The maximum atomic E-state index is 16.1. The molecule has 1 spiro atoms. The van der Waals surface area contributed by atoms with Crippen molar-refractivity contribution in [1.82, 2.24) is 15.2 Å². The van der Waals surface area contributed by atoms with E-state index in [0.717, 1.165) is 73.4 Å². The number of nitrogens with one attached hydrogen (secondary N) is 1. The molecule has 1 aromatic heterocycles. The average Bonchev–Trinajstić information content (AvgIpc) is 1.60. The van der Waals surface area contributed by atoms with Crippen LogP contribution < -0.4 is 5.32 Å². The number of cyclic esters (lactones) is 3. The van der Waals surface area contributed by atoms with Crippen molar-refractivity contribution < 1.29 is 116 Å². The van der Waals surface area contributed by atoms with Crippen LogP contribution >= 0.6 is 0 Å². The number of aliphatic hydroxyl groups excluding tert-OH is 2. The van der Waals surface area contributed by atoms with E-state index < -0.39 is 183 Å². The van der Waals surface area contributed by atoms with Gasteiger partial charge < -0.3 is 92.6 Å². The van der Waals surface area contributed by atoms with Crippen molar-refractivity contribution in [2.24, 2.45) is 81.9 Å². The summed E-state index contributed by atoms with van der Waals surface area (Å²) >= 11 is 0. The number of aliphatic imine (C=N–C) groups is 1. The average molecular weight is 2000 g/mol. The summed E-state index contributed by atoms with van der Waals surface area (Å²) in [5, 5.41) is 62.3. The van der Waals surface area contributed by atoms with Gasteiger partial charge in [-0.05, 0) is 199 Å². The highest BCUT2D eigenvalue weighted by Crippen LogP contribution is 2.50. The maximum Gasteiger partial charge on any atom is 0.351 e. The Morgan fingerprint density at radius 1 is 0.620 bits per heavy atom. The first-order valence-electron chi connectivity index (χ1n) is 52.5. The number of benzene rings is 2. The predicted molar refractivity (Wildman–Crippen MR) is 560 cm³/mol. The molecule has 3 aromatic rings. The predicted octanol–water partition coefficient (Wildman–Crippen LogP) is 19.3. The highest BCUT2D eigenvalue weighted by atomic mass is 19.1. The number of allylic oxidation sites excluding steroid dienone is 2. The van der Waals surface area contributed by atoms with Crippen LogP contribution in [0.25, 0.3) is 23.1 Å². The summed E-state index contributed by atoms with van der Waals surface area (Å²) in [6.07, 6.45) is 5.64. The van der Waals surface area contributed by atoms with Gasteiger partial charge in [0.1, 0.15) is 53.1 Å². The normalized spacial score (nSPS) is 40.0. The van der Waals surface area contributed by atoms with Gasteiger partial charge in [-0.3, -0.25) is 29.0 Å². The van der Waals surface area contributed by atoms with E-state index in [1.54, 1.807) is 68.9 Å². The van der Waals surface area contributed by atoms with Crippen molar-refractivity contribution in [1.29, 1.82) is 0 Å². The number of ketones is 2. The number of aliphatic hydroxyl groups is 5. The Labute approximate surface area is 852 Å². The molecule has 810 valence electrons. The zero-order valence-electron chi connectivity index (χ0n) is 92.6. The van der Waals surface area contributed by atoms with Crippen LogP contribution in [0.2, 0.25) is 0 Å². The largest absolute Gasteiger partial charge is 0.459 e. The number of hydrogen-bond donors (Lipinski definition) is 6. The number of halogens is 1. The van der Waals surface area contributed by atoms with Gasteiger partial charge in [0.25, 0.3) is 5.67 Å². The number of pyridine rings is 1. The number of aromatic nitrogens is 1. The van der Waals surface area contributed by atoms with E-state index in [4.69, 9.17) is 56.8 Å². The van der Waals surface area contributed by atoms with Gasteiger partial charge in [-0.1, -0.05) is 225 Å². The molecule has 0 unspecified atom stereocenters. The monoisotopic (exact) mass is 2000 g/mol. The van der Waals surface area contributed by atoms with Crippen molar-refractivity contribution in [3.63, 3.8) is 0 Å². The first-order chi connectivity index (χ1) is 65.9. The fourth-order valence-corrected chi connectivity index (χ4v) is 22.2. The lowest BCUT2D eigenvalue weighted by molar-refractivity contribution is -0.307. The zero-order chi connectivity index (χ0) is 107. The van der Waals surface area contributed by atoms with Crippen LogP contribution in [0.15, 0.2) is 95.7 Å². The van der Waals surface area contributed by atoms with Crippen LogP contribution in [0.5, 0.6) is 0 Å². The first kappa shape index (κ1) is 128. The maximum absolute atomic E-state index is 16.1. The number of methoxy groups -OCH3 is 2. The topological polar surface area (TPSA) is 355 Å². The third-order valence-electron chi connectivity index (χ3n) is 32.0. The van der Waals surface area contributed by atoms with Crippen molar-refractivity contribution in [3.8, 4) is 0 Å². The minimum atomic E-state index is -2.95. The summed E-state index contributed by atoms with van der Waals surface area (Å²) in [5.41, 5.74) is -7.33. The second kappa shape index (κ2) is 55.6. The molecule has 0 aliphatic carbocycles. The number of Topliss-reactive ketones (excluding diaryl/α,β-unsaturated/α-hetero) is 2. The molecule has 27 nitrogen and oxygen atoms in total. The van der Waals surface area contributed by atoms with Gasteiger partial charge in [0.05, 0.1) is 90.1 Å². The summed E-state index contributed by atoms with van der Waals surface area (Å²) < 4.78 is 92.0. The van der Waals surface area contributed by atoms with Crippen molar-refractivity contribution >= 4 is 64.1 Å². The number of alkyl halides is 1. The lowest BCUT2D eigenvalue weighted by Crippen LogP contribution is -2.59. The number of rotatable bonds is 13. The molecule has 1 amide bonds. The van der Waals surface area contributed by atoms with E-state index in [-0.39, 0.29) is 99.9 Å². The molecule has 10 rings (SSSR count). The van der Waals surface area contributed by atoms with E-state index in [1.807, 2.05) is 230 Å². The quantitative estimate of drug-likeness (QED) is 0.0526. The van der Waals surface area contributed by atoms with Crippen LogP contribution in [0.1, 0.15) is 305 Å². The molecule has 7 aliphatic rings. The summed E-state index contributed by atoms with van der Waals surface area (Å²) in [5.74, 6) is -9.59. The number of para-hydroxylation sites is 1. The van der Waals surface area contributed by atoms with Crippen molar-refractivity contribution in [2.45, 2.75) is 418 Å². The number of hydrogen-bond acceptors (Lipinski definition) is 26. The molecule has 0 radical (unpaired) electrons. The van der Waals surface area contributed by atoms with Crippen molar-refractivity contribution in [3.05, 3.63) is 102 Å². The van der Waals surface area contributed by atoms with Gasteiger partial charge in [-0.25, -0.2) is 14.2 Å². The number of esters is 3. The molecule has 7 aliphatic heterocycles. The molecule has 142 heavy (non-hydrogen) atoms. The second-order valence-corrected chi connectivity index (χ2v) is 42.4. The lowest BCUT2D eigenvalue weighted by Gasteiger charge is -2.48. The van der Waals surface area contributed by atoms with Crippen LogP contribution in [0, 0.1) is 76.9 Å². The molecular formula is C114H189FN4O23. The molecule has 4 bridgehead atoms. The number of nitrogens with zero attached hydrogens (tertiary/aromatic N) is 3. The van der Waals surface area contributed by atoms with E-state index in [1.165, 1.54) is 13.8 Å². The Hall–Kier alpha value is -6.55. The molecule has 8 heterocycles. The molecule has 2 aromatic carbocycles. The SMILES string of the molecule is C.CC.CC.CC.CC[C@H]1OC(=O)[C@@](C)(F)C(=O)[C@H](C)[C@@H](C)[C@@]2(C)C[C@@H](C)C(=NC(C)=O)[C@H](C)[C@@H](OC/C(=C\C=C\c3ccccc3)CO2)[C@]1(C)O.CC[C@H]1OC(=O)[C@H](C)[C@@H](O[C@H]2C[C@@](C)(OC)[C@@H](O)[C@H](C)O2)[C@H](C)[C@@H](C)[C@](C)(OC)C[C@@H](C)C(=O)[C@H](C)[C@@H](OC/C=C/c2cnc3ccccc3c2)[C@]1(C)O.CC[C@H]1OC(=O)[C@H](C)[C@H]2OC3(CCNCC3)O[C@@](C)(C[C@@H](C)CN(C)[C@H](C)[C@@H](O)[C@]1(C)O)[C@H](C)[C@H]2C. The molecule has 6 N–H and O–H groups in total. The Bertz CT molecular complexity index is 4540. The summed E-state index contributed by atoms with van der Waals surface area (Å²) in [6.45, 7) is 63.5. The Morgan fingerprint density at radius 2 is 1.18 bits per heavy atom. The number of fused-ring (bicyclic) bond motifs is 9. The third-order valence-corrected chi connectivity index (χ3v) is 32.0. The summed E-state index contributed by atoms with van der Waals surface area (Å²) in [4.78, 5) is 92.5. The molecule has 33 atom stereocenters. The van der Waals surface area contributed by atoms with Gasteiger partial charge in [0.2, 0.25) is 5.91 Å². The van der Waals surface area contributed by atoms with E-state index in [2.05, 4.69) is 47.9 Å². The minimum Gasteiger partial charge on any atom is -0.459 e. The molecular weight excluding hydrogens is 1810 g/mol. The van der Waals surface area contributed by atoms with E-state index in [0.29, 0.717) is 25.0 Å². The van der Waals surface area contributed by atoms with Crippen LogP contribution in [-0.4, -0.2) is 261 Å². The Balaban J connectivity index is 0.000000439. The van der Waals surface area contributed by atoms with Gasteiger partial charge >= 0.3 is 17.9 Å². The summed E-state index contributed by atoms with van der Waals surface area (Å²) in [7, 11) is 5.16.